The molecule has 3 heterocycles. The molecule has 0 saturated carbocycles. The molecular weight excluding hydrogens is 420 g/mol. The fraction of sp³-hybridized carbons (Fsp3) is 0.364. The lowest BCUT2D eigenvalue weighted by Crippen LogP contribution is -2.16. The Bertz CT molecular complexity index is 1110. The van der Waals surface area contributed by atoms with Gasteiger partial charge in [0.25, 0.3) is 0 Å². The molecule has 0 radical (unpaired) electrons. The predicted octanol–water partition coefficient (Wildman–Crippen LogP) is 3.45. The van der Waals surface area contributed by atoms with Crippen LogP contribution in [0.3, 0.4) is 0 Å². The van der Waals surface area contributed by atoms with Crippen LogP contribution in [0, 0.1) is 0 Å². The lowest BCUT2D eigenvalue weighted by molar-refractivity contribution is 0.141. The third-order valence-corrected chi connectivity index (χ3v) is 5.71. The van der Waals surface area contributed by atoms with Gasteiger partial charge in [0.2, 0.25) is 0 Å². The highest BCUT2D eigenvalue weighted by atomic mass is 35.5. The van der Waals surface area contributed by atoms with Crippen LogP contribution in [0.1, 0.15) is 12.8 Å². The molecule has 8 nitrogen and oxygen atoms in total. The minimum atomic E-state index is -0.0185. The van der Waals surface area contributed by atoms with Gasteiger partial charge in [-0.3, -0.25) is 0 Å². The van der Waals surface area contributed by atoms with Crippen molar-refractivity contribution in [2.45, 2.75) is 25.0 Å². The quantitative estimate of drug-likeness (QED) is 0.577. The van der Waals surface area contributed by atoms with E-state index in [4.69, 9.17) is 42.0 Å². The van der Waals surface area contributed by atoms with E-state index in [-0.39, 0.29) is 12.2 Å². The summed E-state index contributed by atoms with van der Waals surface area (Å²) in [5, 5.41) is 1.15. The number of nitrogens with two attached hydrogens (primary N) is 2. The van der Waals surface area contributed by atoms with Crippen molar-refractivity contribution in [3.05, 3.63) is 35.4 Å². The van der Waals surface area contributed by atoms with Crippen molar-refractivity contribution >= 4 is 34.0 Å². The second-order valence-corrected chi connectivity index (χ2v) is 8.10. The molecule has 9 heteroatoms. The van der Waals surface area contributed by atoms with Crippen molar-refractivity contribution in [2.24, 2.45) is 0 Å². The molecule has 0 aliphatic carbocycles. The summed E-state index contributed by atoms with van der Waals surface area (Å²) in [5.41, 5.74) is 14.2. The number of hydrogen-bond donors (Lipinski definition) is 2. The molecule has 5 rings (SSSR count). The standard InChI is InChI=1S/C22H23ClN4O4/c23-16-7-12(1-2-19(16)30-13-3-5-28-10-13)22-26-18-9-20(31-14-4-6-29-11-14)17(24)8-15(18)21(25)27-22/h1-2,7-9,13-14H,3-6,10-11,24H2,(H2,25,26,27). The van der Waals surface area contributed by atoms with Crippen LogP contribution in [0.25, 0.3) is 22.3 Å². The molecule has 162 valence electrons. The highest BCUT2D eigenvalue weighted by molar-refractivity contribution is 6.32. The molecule has 2 atom stereocenters. The van der Waals surface area contributed by atoms with Crippen LogP contribution in [-0.2, 0) is 9.47 Å². The summed E-state index contributed by atoms with van der Waals surface area (Å²) in [7, 11) is 0. The third-order valence-electron chi connectivity index (χ3n) is 5.41. The molecule has 2 saturated heterocycles. The molecule has 2 aliphatic rings. The second kappa shape index (κ2) is 8.37. The largest absolute Gasteiger partial charge is 0.486 e. The molecule has 2 aliphatic heterocycles. The number of nitrogen functional groups attached to an aromatic ring is 2. The van der Waals surface area contributed by atoms with E-state index in [1.807, 2.05) is 12.1 Å². The van der Waals surface area contributed by atoms with Crippen molar-refractivity contribution in [1.29, 1.82) is 0 Å². The molecule has 31 heavy (non-hydrogen) atoms. The number of anilines is 2. The summed E-state index contributed by atoms with van der Waals surface area (Å²) < 4.78 is 22.6. The van der Waals surface area contributed by atoms with Crippen LogP contribution in [0.15, 0.2) is 30.3 Å². The monoisotopic (exact) mass is 442 g/mol. The number of hydrogen-bond acceptors (Lipinski definition) is 8. The summed E-state index contributed by atoms with van der Waals surface area (Å²) in [5.74, 6) is 1.97. The molecule has 2 fully saturated rings. The zero-order chi connectivity index (χ0) is 21.4. The van der Waals surface area contributed by atoms with Crippen LogP contribution < -0.4 is 20.9 Å². The Morgan fingerprint density at radius 1 is 0.903 bits per heavy atom. The number of rotatable bonds is 5. The Balaban J connectivity index is 1.46. The predicted molar refractivity (Wildman–Crippen MR) is 119 cm³/mol. The summed E-state index contributed by atoms with van der Waals surface area (Å²) in [6.07, 6.45) is 1.68. The molecule has 4 N–H and O–H groups in total. The van der Waals surface area contributed by atoms with E-state index in [2.05, 4.69) is 9.97 Å². The Morgan fingerprint density at radius 3 is 2.26 bits per heavy atom. The van der Waals surface area contributed by atoms with Crippen molar-refractivity contribution < 1.29 is 18.9 Å². The molecule has 0 bridgehead atoms. The number of aromatic nitrogens is 2. The van der Waals surface area contributed by atoms with Gasteiger partial charge in [-0.25, -0.2) is 9.97 Å². The molecular formula is C22H23ClN4O4. The minimum absolute atomic E-state index is 0.0185. The van der Waals surface area contributed by atoms with E-state index in [9.17, 15) is 0 Å². The molecule has 2 aromatic carbocycles. The first-order valence-corrected chi connectivity index (χ1v) is 10.6. The van der Waals surface area contributed by atoms with E-state index in [1.54, 1.807) is 18.2 Å². The first-order valence-electron chi connectivity index (χ1n) is 10.2. The van der Waals surface area contributed by atoms with Crippen molar-refractivity contribution in [1.82, 2.24) is 9.97 Å². The zero-order valence-electron chi connectivity index (χ0n) is 16.8. The topological polar surface area (TPSA) is 115 Å². The van der Waals surface area contributed by atoms with E-state index < -0.39 is 0 Å². The number of ether oxygens (including phenoxy) is 4. The van der Waals surface area contributed by atoms with Crippen LogP contribution in [0.2, 0.25) is 5.02 Å². The second-order valence-electron chi connectivity index (χ2n) is 7.69. The van der Waals surface area contributed by atoms with Gasteiger partial charge in [-0.2, -0.15) is 0 Å². The fourth-order valence-electron chi connectivity index (χ4n) is 3.73. The van der Waals surface area contributed by atoms with E-state index >= 15 is 0 Å². The van der Waals surface area contributed by atoms with Crippen LogP contribution in [0.5, 0.6) is 11.5 Å². The normalized spacial score (nSPS) is 20.9. The Hall–Kier alpha value is -2.81. The molecule has 2 unspecified atom stereocenters. The SMILES string of the molecule is Nc1cc2c(N)nc(-c3ccc(OC4CCOC4)c(Cl)c3)nc2cc1OC1CCOC1. The maximum absolute atomic E-state index is 6.46. The number of benzene rings is 2. The summed E-state index contributed by atoms with van der Waals surface area (Å²) in [6, 6.07) is 8.99. The first-order chi connectivity index (χ1) is 15.1. The average Bonchev–Trinajstić information content (AvgIpc) is 3.45. The summed E-state index contributed by atoms with van der Waals surface area (Å²) >= 11 is 6.46. The minimum Gasteiger partial charge on any atom is -0.486 e. The maximum Gasteiger partial charge on any atom is 0.162 e. The highest BCUT2D eigenvalue weighted by Crippen LogP contribution is 2.34. The third kappa shape index (κ3) is 4.19. The van der Waals surface area contributed by atoms with Gasteiger partial charge in [0.15, 0.2) is 5.82 Å². The van der Waals surface area contributed by atoms with Gasteiger partial charge in [0, 0.05) is 29.9 Å². The average molecular weight is 443 g/mol. The Morgan fingerprint density at radius 2 is 1.61 bits per heavy atom. The molecule has 0 amide bonds. The Labute approximate surface area is 184 Å². The molecule has 1 aromatic heterocycles. The summed E-state index contributed by atoms with van der Waals surface area (Å²) in [4.78, 5) is 9.13. The van der Waals surface area contributed by atoms with Gasteiger partial charge < -0.3 is 30.4 Å². The zero-order valence-corrected chi connectivity index (χ0v) is 17.6. The molecule has 0 spiro atoms. The van der Waals surface area contributed by atoms with Crippen LogP contribution in [0.4, 0.5) is 11.5 Å². The molecule has 3 aromatic rings. The number of fused-ring (bicyclic) bond motifs is 1. The van der Waals surface area contributed by atoms with Crippen molar-refractivity contribution in [2.75, 3.05) is 37.9 Å². The van der Waals surface area contributed by atoms with Gasteiger partial charge in [0.05, 0.1) is 42.7 Å². The summed E-state index contributed by atoms with van der Waals surface area (Å²) in [6.45, 7) is 2.51. The highest BCUT2D eigenvalue weighted by Gasteiger charge is 2.21. The maximum atomic E-state index is 6.46. The lowest BCUT2D eigenvalue weighted by Gasteiger charge is -2.16. The van der Waals surface area contributed by atoms with Gasteiger partial charge >= 0.3 is 0 Å². The van der Waals surface area contributed by atoms with Crippen LogP contribution in [-0.4, -0.2) is 48.6 Å². The van der Waals surface area contributed by atoms with Gasteiger partial charge in [-0.15, -0.1) is 0 Å². The van der Waals surface area contributed by atoms with Gasteiger partial charge in [0.1, 0.15) is 29.5 Å². The smallest absolute Gasteiger partial charge is 0.162 e. The lowest BCUT2D eigenvalue weighted by atomic mass is 10.1. The van der Waals surface area contributed by atoms with Gasteiger partial charge in [-0.05, 0) is 24.3 Å². The van der Waals surface area contributed by atoms with Crippen LogP contribution >= 0.6 is 11.6 Å². The van der Waals surface area contributed by atoms with Gasteiger partial charge in [-0.1, -0.05) is 11.6 Å². The first kappa shape index (κ1) is 20.1. The van der Waals surface area contributed by atoms with E-state index in [0.29, 0.717) is 71.2 Å². The number of halogens is 1. The van der Waals surface area contributed by atoms with E-state index in [1.165, 1.54) is 0 Å². The Kier molecular flexibility index (Phi) is 5.43. The fourth-order valence-corrected chi connectivity index (χ4v) is 3.96. The van der Waals surface area contributed by atoms with Crippen molar-refractivity contribution in [3.63, 3.8) is 0 Å². The number of nitrogens with zero attached hydrogens (tertiary/aromatic N) is 2. The van der Waals surface area contributed by atoms with Crippen molar-refractivity contribution in [3.8, 4) is 22.9 Å². The van der Waals surface area contributed by atoms with E-state index in [0.717, 1.165) is 18.4 Å².